The predicted molar refractivity (Wildman–Crippen MR) is 83.1 cm³/mol. The van der Waals surface area contributed by atoms with E-state index in [9.17, 15) is 4.79 Å². The number of nitrogens with two attached hydrogens (primary N) is 1. The highest BCUT2D eigenvalue weighted by Crippen LogP contribution is 2.09. The highest BCUT2D eigenvalue weighted by atomic mass is 32.2. The molecular weight excluding hydrogens is 256 g/mol. The lowest BCUT2D eigenvalue weighted by molar-refractivity contribution is -0.133. The van der Waals surface area contributed by atoms with Crippen molar-refractivity contribution in [3.8, 4) is 0 Å². The van der Waals surface area contributed by atoms with E-state index in [0.29, 0.717) is 6.54 Å². The van der Waals surface area contributed by atoms with E-state index in [4.69, 9.17) is 5.73 Å². The highest BCUT2D eigenvalue weighted by Gasteiger charge is 2.20. The maximum Gasteiger partial charge on any atom is 0.239 e. The van der Waals surface area contributed by atoms with Crippen LogP contribution in [0.4, 0.5) is 0 Å². The number of rotatable bonds is 8. The monoisotopic (exact) mass is 280 g/mol. The summed E-state index contributed by atoms with van der Waals surface area (Å²) in [6.07, 6.45) is 3.73. The zero-order valence-electron chi connectivity index (χ0n) is 11.8. The molecule has 0 fully saturated rings. The van der Waals surface area contributed by atoms with Crippen LogP contribution in [-0.4, -0.2) is 35.4 Å². The molecule has 0 saturated carbocycles. The Balaban J connectivity index is 2.63. The van der Waals surface area contributed by atoms with Crippen LogP contribution in [0.15, 0.2) is 30.3 Å². The molecule has 1 rings (SSSR count). The lowest BCUT2D eigenvalue weighted by Crippen LogP contribution is -2.44. The molecule has 106 valence electrons. The van der Waals surface area contributed by atoms with Crippen molar-refractivity contribution >= 4 is 17.7 Å². The topological polar surface area (TPSA) is 46.3 Å². The van der Waals surface area contributed by atoms with Crippen molar-refractivity contribution in [3.05, 3.63) is 35.9 Å². The average molecular weight is 280 g/mol. The van der Waals surface area contributed by atoms with Gasteiger partial charge in [-0.05, 0) is 30.4 Å². The molecule has 0 aliphatic rings. The van der Waals surface area contributed by atoms with E-state index in [-0.39, 0.29) is 11.9 Å². The third kappa shape index (κ3) is 5.66. The lowest BCUT2D eigenvalue weighted by Gasteiger charge is -2.25. The summed E-state index contributed by atoms with van der Waals surface area (Å²) in [7, 11) is 0. The summed E-state index contributed by atoms with van der Waals surface area (Å²) in [4.78, 5) is 14.2. The molecule has 0 saturated heterocycles. The van der Waals surface area contributed by atoms with Crippen molar-refractivity contribution in [2.75, 3.05) is 18.6 Å². The van der Waals surface area contributed by atoms with Crippen LogP contribution in [0.2, 0.25) is 0 Å². The maximum absolute atomic E-state index is 12.3. The Morgan fingerprint density at radius 2 is 2.05 bits per heavy atom. The van der Waals surface area contributed by atoms with Crippen LogP contribution in [-0.2, 0) is 11.3 Å². The molecule has 1 amide bonds. The number of thioether (sulfide) groups is 1. The van der Waals surface area contributed by atoms with Crippen LogP contribution in [0, 0.1) is 0 Å². The van der Waals surface area contributed by atoms with E-state index < -0.39 is 0 Å². The summed E-state index contributed by atoms with van der Waals surface area (Å²) in [5, 5.41) is 0. The maximum atomic E-state index is 12.3. The first kappa shape index (κ1) is 16.1. The van der Waals surface area contributed by atoms with Gasteiger partial charge in [0.15, 0.2) is 0 Å². The SMILES string of the molecule is CCCN(Cc1ccccc1)C(=O)[C@@H](N)CCSC. The number of carbonyl (C=O) groups is 1. The standard InChI is InChI=1S/C15H24N2OS/c1-3-10-17(12-13-7-5-4-6-8-13)15(18)14(16)9-11-19-2/h4-8,14H,3,9-12,16H2,1-2H3/t14-/m0/s1. The molecule has 0 bridgehead atoms. The third-order valence-corrected chi connectivity index (χ3v) is 3.62. The molecule has 19 heavy (non-hydrogen) atoms. The van der Waals surface area contributed by atoms with Gasteiger partial charge in [-0.15, -0.1) is 0 Å². The Bertz CT molecular complexity index is 370. The van der Waals surface area contributed by atoms with Crippen LogP contribution in [0.25, 0.3) is 0 Å². The van der Waals surface area contributed by atoms with Crippen LogP contribution >= 0.6 is 11.8 Å². The van der Waals surface area contributed by atoms with Crippen LogP contribution in [0.1, 0.15) is 25.3 Å². The number of hydrogen-bond acceptors (Lipinski definition) is 3. The zero-order chi connectivity index (χ0) is 14.1. The van der Waals surface area contributed by atoms with Crippen molar-refractivity contribution in [1.82, 2.24) is 4.90 Å². The summed E-state index contributed by atoms with van der Waals surface area (Å²) in [5.41, 5.74) is 7.14. The molecular formula is C15H24N2OS. The van der Waals surface area contributed by atoms with Crippen molar-refractivity contribution in [3.63, 3.8) is 0 Å². The molecule has 4 heteroatoms. The Hall–Kier alpha value is -1.00. The number of benzene rings is 1. The molecule has 0 unspecified atom stereocenters. The van der Waals surface area contributed by atoms with Crippen LogP contribution in [0.3, 0.4) is 0 Å². The largest absolute Gasteiger partial charge is 0.337 e. The fraction of sp³-hybridized carbons (Fsp3) is 0.533. The molecule has 0 aliphatic heterocycles. The van der Waals surface area contributed by atoms with Gasteiger partial charge in [-0.25, -0.2) is 0 Å². The van der Waals surface area contributed by atoms with E-state index in [2.05, 4.69) is 6.92 Å². The van der Waals surface area contributed by atoms with Crippen molar-refractivity contribution in [1.29, 1.82) is 0 Å². The van der Waals surface area contributed by atoms with E-state index in [1.807, 2.05) is 41.5 Å². The molecule has 1 atom stereocenters. The molecule has 3 nitrogen and oxygen atoms in total. The Morgan fingerprint density at radius 3 is 2.63 bits per heavy atom. The molecule has 2 N–H and O–H groups in total. The van der Waals surface area contributed by atoms with Crippen LogP contribution in [0.5, 0.6) is 0 Å². The number of hydrogen-bond donors (Lipinski definition) is 1. The molecule has 0 aliphatic carbocycles. The normalized spacial score (nSPS) is 12.2. The summed E-state index contributed by atoms with van der Waals surface area (Å²) < 4.78 is 0. The molecule has 0 aromatic heterocycles. The lowest BCUT2D eigenvalue weighted by atomic mass is 10.1. The van der Waals surface area contributed by atoms with Gasteiger partial charge in [0.1, 0.15) is 0 Å². The van der Waals surface area contributed by atoms with Crippen LogP contribution < -0.4 is 5.73 Å². The quantitative estimate of drug-likeness (QED) is 0.796. The van der Waals surface area contributed by atoms with E-state index in [1.54, 1.807) is 11.8 Å². The average Bonchev–Trinajstić information content (AvgIpc) is 2.44. The van der Waals surface area contributed by atoms with Gasteiger partial charge in [0.25, 0.3) is 0 Å². The Labute approximate surface area is 120 Å². The van der Waals surface area contributed by atoms with Gasteiger partial charge >= 0.3 is 0 Å². The highest BCUT2D eigenvalue weighted by molar-refractivity contribution is 7.98. The fourth-order valence-corrected chi connectivity index (χ4v) is 2.43. The minimum absolute atomic E-state index is 0.0692. The zero-order valence-corrected chi connectivity index (χ0v) is 12.7. The molecule has 1 aromatic rings. The first-order chi connectivity index (χ1) is 9.19. The number of amides is 1. The van der Waals surface area contributed by atoms with Gasteiger partial charge in [-0.3, -0.25) is 4.79 Å². The Morgan fingerprint density at radius 1 is 1.37 bits per heavy atom. The molecule has 0 spiro atoms. The van der Waals surface area contributed by atoms with Crippen molar-refractivity contribution in [2.24, 2.45) is 5.73 Å². The first-order valence-electron chi connectivity index (χ1n) is 6.76. The second-order valence-corrected chi connectivity index (χ2v) is 5.62. The smallest absolute Gasteiger partial charge is 0.239 e. The van der Waals surface area contributed by atoms with E-state index in [0.717, 1.165) is 30.7 Å². The van der Waals surface area contributed by atoms with Gasteiger partial charge in [0.2, 0.25) is 5.91 Å². The van der Waals surface area contributed by atoms with E-state index in [1.165, 1.54) is 0 Å². The van der Waals surface area contributed by atoms with Gasteiger partial charge in [0.05, 0.1) is 6.04 Å². The minimum Gasteiger partial charge on any atom is -0.337 e. The second-order valence-electron chi connectivity index (χ2n) is 4.63. The number of carbonyl (C=O) groups excluding carboxylic acids is 1. The summed E-state index contributed by atoms with van der Waals surface area (Å²) in [6, 6.07) is 9.70. The van der Waals surface area contributed by atoms with Crippen molar-refractivity contribution in [2.45, 2.75) is 32.4 Å². The van der Waals surface area contributed by atoms with Crippen molar-refractivity contribution < 1.29 is 4.79 Å². The third-order valence-electron chi connectivity index (χ3n) is 2.97. The minimum atomic E-state index is -0.372. The van der Waals surface area contributed by atoms with Gasteiger partial charge in [0, 0.05) is 13.1 Å². The molecule has 1 aromatic carbocycles. The molecule has 0 radical (unpaired) electrons. The molecule has 0 heterocycles. The summed E-state index contributed by atoms with van der Waals surface area (Å²) in [6.45, 7) is 3.50. The van der Waals surface area contributed by atoms with Gasteiger partial charge < -0.3 is 10.6 Å². The van der Waals surface area contributed by atoms with Gasteiger partial charge in [-0.2, -0.15) is 11.8 Å². The fourth-order valence-electron chi connectivity index (χ4n) is 1.94. The summed E-state index contributed by atoms with van der Waals surface area (Å²) in [5.74, 6) is 0.998. The Kier molecular flexibility index (Phi) is 7.60. The predicted octanol–water partition coefficient (Wildman–Crippen LogP) is 2.51. The second kappa shape index (κ2) is 8.99. The number of nitrogens with zero attached hydrogens (tertiary/aromatic N) is 1. The first-order valence-corrected chi connectivity index (χ1v) is 8.15. The van der Waals surface area contributed by atoms with E-state index >= 15 is 0 Å². The summed E-state index contributed by atoms with van der Waals surface area (Å²) >= 11 is 1.73. The van der Waals surface area contributed by atoms with Gasteiger partial charge in [-0.1, -0.05) is 37.3 Å².